The maximum atomic E-state index is 13.9. The average Bonchev–Trinajstić information content (AvgIpc) is 3.30. The van der Waals surface area contributed by atoms with Crippen molar-refractivity contribution < 1.29 is 23.0 Å². The molecule has 0 spiro atoms. The van der Waals surface area contributed by atoms with Gasteiger partial charge in [-0.15, -0.1) is 11.8 Å². The Hall–Kier alpha value is -2.42. The van der Waals surface area contributed by atoms with Crippen molar-refractivity contribution in [1.82, 2.24) is 9.88 Å². The lowest BCUT2D eigenvalue weighted by Gasteiger charge is -2.27. The molecule has 9 heteroatoms. The minimum absolute atomic E-state index is 0.207. The van der Waals surface area contributed by atoms with Crippen molar-refractivity contribution in [2.75, 3.05) is 39.6 Å². The molecule has 0 aliphatic carbocycles. The Morgan fingerprint density at radius 1 is 1.22 bits per heavy atom. The molecule has 1 aromatic heterocycles. The van der Waals surface area contributed by atoms with E-state index in [-0.39, 0.29) is 5.97 Å². The number of pyridine rings is 1. The van der Waals surface area contributed by atoms with Gasteiger partial charge >= 0.3 is 5.97 Å². The van der Waals surface area contributed by atoms with Gasteiger partial charge in [0.25, 0.3) is 0 Å². The predicted molar refractivity (Wildman–Crippen MR) is 139 cm³/mol. The summed E-state index contributed by atoms with van der Waals surface area (Å²) in [5, 5.41) is 1.54. The van der Waals surface area contributed by atoms with Crippen LogP contribution in [0.1, 0.15) is 24.8 Å². The van der Waals surface area contributed by atoms with Crippen LogP contribution in [0.25, 0.3) is 10.9 Å². The fourth-order valence-electron chi connectivity index (χ4n) is 4.90. The van der Waals surface area contributed by atoms with Crippen LogP contribution in [0.3, 0.4) is 0 Å². The number of fused-ring (bicyclic) bond motifs is 1. The third kappa shape index (κ3) is 5.93. The zero-order valence-electron chi connectivity index (χ0n) is 20.4. The number of benzene rings is 2. The second-order valence-electron chi connectivity index (χ2n) is 9.04. The maximum absolute atomic E-state index is 13.9. The Kier molecular flexibility index (Phi) is 8.70. The fourth-order valence-corrected chi connectivity index (χ4v) is 6.11. The highest BCUT2D eigenvalue weighted by Crippen LogP contribution is 2.38. The Labute approximate surface area is 219 Å². The summed E-state index contributed by atoms with van der Waals surface area (Å²) in [5.74, 6) is 0.248. The van der Waals surface area contributed by atoms with Crippen LogP contribution in [-0.4, -0.2) is 55.5 Å². The van der Waals surface area contributed by atoms with Crippen LogP contribution in [0, 0.1) is 17.0 Å². The van der Waals surface area contributed by atoms with Crippen molar-refractivity contribution in [1.29, 1.82) is 0 Å². The molecule has 2 aromatic carbocycles. The van der Waals surface area contributed by atoms with E-state index in [4.69, 9.17) is 21.1 Å². The molecular weight excluding hydrogens is 506 g/mol. The van der Waals surface area contributed by atoms with Crippen LogP contribution in [-0.2, 0) is 16.0 Å². The van der Waals surface area contributed by atoms with E-state index in [2.05, 4.69) is 9.88 Å². The quantitative estimate of drug-likeness (QED) is 0.229. The first-order valence-electron chi connectivity index (χ1n) is 11.8. The molecule has 1 saturated heterocycles. The Morgan fingerprint density at radius 2 is 2.06 bits per heavy atom. The fraction of sp³-hybridized carbons (Fsp3) is 0.407. The Morgan fingerprint density at radius 3 is 2.83 bits per heavy atom. The molecule has 2 heterocycles. The zero-order valence-corrected chi connectivity index (χ0v) is 21.9. The molecule has 1 atom stereocenters. The molecule has 0 amide bonds. The molecule has 1 aliphatic heterocycles. The molecule has 5 nitrogen and oxygen atoms in total. The number of aromatic nitrogens is 1. The molecule has 3 aromatic rings. The van der Waals surface area contributed by atoms with Gasteiger partial charge in [0.15, 0.2) is 0 Å². The monoisotopic (exact) mass is 534 g/mol. The van der Waals surface area contributed by atoms with E-state index in [0.29, 0.717) is 48.0 Å². The molecule has 0 saturated carbocycles. The number of esters is 1. The van der Waals surface area contributed by atoms with Gasteiger partial charge in [0.2, 0.25) is 0 Å². The van der Waals surface area contributed by atoms with Crippen molar-refractivity contribution in [2.24, 2.45) is 5.41 Å². The predicted octanol–water partition coefficient (Wildman–Crippen LogP) is 6.16. The van der Waals surface area contributed by atoms with Crippen molar-refractivity contribution in [2.45, 2.75) is 30.6 Å². The second kappa shape index (κ2) is 11.8. The van der Waals surface area contributed by atoms with Crippen molar-refractivity contribution in [3.05, 3.63) is 64.8 Å². The number of methoxy groups -OCH3 is 2. The molecule has 1 aliphatic rings. The van der Waals surface area contributed by atoms with Gasteiger partial charge < -0.3 is 14.4 Å². The summed E-state index contributed by atoms with van der Waals surface area (Å²) in [6.45, 7) is 1.99. The maximum Gasteiger partial charge on any atom is 0.313 e. The van der Waals surface area contributed by atoms with E-state index in [1.165, 1.54) is 24.9 Å². The number of rotatable bonds is 10. The molecular formula is C27H29ClF2N2O3S. The summed E-state index contributed by atoms with van der Waals surface area (Å²) in [5.41, 5.74) is 1.23. The SMILES string of the molecule is COC(=O)C1(CCCc2c(Cl)cnc3ccc(OC)cc23)CCN(CCSc2cc(F)ccc2F)C1. The van der Waals surface area contributed by atoms with Crippen molar-refractivity contribution >= 4 is 40.2 Å². The van der Waals surface area contributed by atoms with E-state index in [0.717, 1.165) is 47.3 Å². The van der Waals surface area contributed by atoms with Gasteiger partial charge in [-0.2, -0.15) is 0 Å². The van der Waals surface area contributed by atoms with E-state index in [9.17, 15) is 13.6 Å². The Bertz CT molecular complexity index is 1250. The number of aryl methyl sites for hydroxylation is 1. The number of carbonyl (C=O) groups excluding carboxylic acids is 1. The van der Waals surface area contributed by atoms with E-state index in [1.54, 1.807) is 13.3 Å². The molecule has 0 radical (unpaired) electrons. The highest BCUT2D eigenvalue weighted by atomic mass is 35.5. The number of carbonyl (C=O) groups is 1. The second-order valence-corrected chi connectivity index (χ2v) is 10.6. The number of thioether (sulfide) groups is 1. The van der Waals surface area contributed by atoms with E-state index < -0.39 is 17.0 Å². The highest BCUT2D eigenvalue weighted by molar-refractivity contribution is 7.99. The number of likely N-dealkylation sites (tertiary alicyclic amines) is 1. The van der Waals surface area contributed by atoms with Gasteiger partial charge in [-0.25, -0.2) is 8.78 Å². The minimum atomic E-state index is -0.601. The third-order valence-corrected chi connectivity index (χ3v) is 8.16. The standard InChI is InChI=1S/C27H29ClF2N2O3S/c1-34-19-6-8-24-21(15-19)20(22(28)16-31-24)4-3-9-27(26(33)35-2)10-11-32(17-27)12-13-36-25-14-18(29)5-7-23(25)30/h5-8,14-16H,3-4,9-13,17H2,1-2H3. The summed E-state index contributed by atoms with van der Waals surface area (Å²) >= 11 is 7.79. The van der Waals surface area contributed by atoms with Crippen LogP contribution in [0.5, 0.6) is 5.75 Å². The summed E-state index contributed by atoms with van der Waals surface area (Å²) in [4.78, 5) is 19.8. The van der Waals surface area contributed by atoms with Gasteiger partial charge in [0, 0.05) is 35.3 Å². The minimum Gasteiger partial charge on any atom is -0.497 e. The lowest BCUT2D eigenvalue weighted by atomic mass is 9.81. The van der Waals surface area contributed by atoms with Crippen molar-refractivity contribution in [3.8, 4) is 5.75 Å². The number of hydrogen-bond acceptors (Lipinski definition) is 6. The zero-order chi connectivity index (χ0) is 25.7. The number of nitrogens with zero attached hydrogens (tertiary/aromatic N) is 2. The molecule has 0 bridgehead atoms. The van der Waals surface area contributed by atoms with Crippen LogP contribution in [0.4, 0.5) is 8.78 Å². The van der Waals surface area contributed by atoms with Crippen LogP contribution in [0.15, 0.2) is 47.5 Å². The van der Waals surface area contributed by atoms with Gasteiger partial charge in [0.05, 0.1) is 30.2 Å². The van der Waals surface area contributed by atoms with E-state index >= 15 is 0 Å². The van der Waals surface area contributed by atoms with Gasteiger partial charge in [-0.05, 0) is 74.2 Å². The first kappa shape index (κ1) is 26.6. The van der Waals surface area contributed by atoms with Gasteiger partial charge in [-0.1, -0.05) is 11.6 Å². The normalized spacial score (nSPS) is 18.0. The van der Waals surface area contributed by atoms with Crippen LogP contribution >= 0.6 is 23.4 Å². The summed E-state index contributed by atoms with van der Waals surface area (Å²) in [6, 6.07) is 9.19. The van der Waals surface area contributed by atoms with Gasteiger partial charge in [0.1, 0.15) is 17.4 Å². The number of hydrogen-bond donors (Lipinski definition) is 0. The molecule has 1 unspecified atom stereocenters. The van der Waals surface area contributed by atoms with Crippen LogP contribution < -0.4 is 4.74 Å². The largest absolute Gasteiger partial charge is 0.497 e. The molecule has 4 rings (SSSR count). The van der Waals surface area contributed by atoms with Crippen LogP contribution in [0.2, 0.25) is 5.02 Å². The highest BCUT2D eigenvalue weighted by Gasteiger charge is 2.44. The topological polar surface area (TPSA) is 51.7 Å². The number of halogens is 3. The molecule has 36 heavy (non-hydrogen) atoms. The molecule has 192 valence electrons. The smallest absolute Gasteiger partial charge is 0.313 e. The third-order valence-electron chi connectivity index (χ3n) is 6.83. The number of ether oxygens (including phenoxy) is 2. The average molecular weight is 535 g/mol. The Balaban J connectivity index is 1.40. The molecule has 0 N–H and O–H groups in total. The molecule has 1 fully saturated rings. The summed E-state index contributed by atoms with van der Waals surface area (Å²) < 4.78 is 37.9. The summed E-state index contributed by atoms with van der Waals surface area (Å²) in [6.07, 6.45) is 4.46. The van der Waals surface area contributed by atoms with Gasteiger partial charge in [-0.3, -0.25) is 9.78 Å². The first-order valence-corrected chi connectivity index (χ1v) is 13.2. The van der Waals surface area contributed by atoms with E-state index in [1.807, 2.05) is 18.2 Å². The first-order chi connectivity index (χ1) is 17.3. The summed E-state index contributed by atoms with van der Waals surface area (Å²) in [7, 11) is 3.05. The van der Waals surface area contributed by atoms with Crippen molar-refractivity contribution in [3.63, 3.8) is 0 Å². The lowest BCUT2D eigenvalue weighted by molar-refractivity contribution is -0.152. The lowest BCUT2D eigenvalue weighted by Crippen LogP contribution is -2.36.